The quantitative estimate of drug-likeness (QED) is 0.598. The molecule has 0 aromatic heterocycles. The van der Waals surface area contributed by atoms with Crippen molar-refractivity contribution in [1.82, 2.24) is 9.80 Å². The first-order valence-corrected chi connectivity index (χ1v) is 8.03. The summed E-state index contributed by atoms with van der Waals surface area (Å²) in [5.41, 5.74) is 1.07. The highest BCUT2D eigenvalue weighted by atomic mass is 35.5. The van der Waals surface area contributed by atoms with Gasteiger partial charge in [0.05, 0.1) is 44.7 Å². The molecule has 0 aromatic rings. The number of nitrogens with zero attached hydrogens (tertiary/aromatic N) is 4. The minimum atomic E-state index is 0.255. The van der Waals surface area contributed by atoms with Gasteiger partial charge in [0, 0.05) is 19.6 Å². The molecule has 22 heavy (non-hydrogen) atoms. The van der Waals surface area contributed by atoms with E-state index in [1.165, 1.54) is 0 Å². The van der Waals surface area contributed by atoms with Gasteiger partial charge in [-0.1, -0.05) is 0 Å². The molecule has 1 atom stereocenters. The molecule has 8 heteroatoms. The van der Waals surface area contributed by atoms with Crippen molar-refractivity contribution in [1.29, 1.82) is 0 Å². The summed E-state index contributed by atoms with van der Waals surface area (Å²) in [5.74, 6) is 1.61. The van der Waals surface area contributed by atoms with Gasteiger partial charge < -0.3 is 24.0 Å². The van der Waals surface area contributed by atoms with E-state index in [4.69, 9.17) is 25.8 Å². The van der Waals surface area contributed by atoms with Gasteiger partial charge in [-0.3, -0.25) is 0 Å². The van der Waals surface area contributed by atoms with Crippen molar-refractivity contribution in [3.05, 3.63) is 11.5 Å². The van der Waals surface area contributed by atoms with Gasteiger partial charge >= 0.3 is 0 Å². The first-order chi connectivity index (χ1) is 10.8. The SMILES string of the molecule is ClC1=NCC2=C(OCC3COCCN23)C(N2CCOCC2)=N1. The maximum atomic E-state index is 6.15. The average Bonchev–Trinajstić information content (AvgIpc) is 2.75. The summed E-state index contributed by atoms with van der Waals surface area (Å²) in [6.07, 6.45) is 0. The van der Waals surface area contributed by atoms with Gasteiger partial charge in [-0.25, -0.2) is 4.99 Å². The Labute approximate surface area is 134 Å². The van der Waals surface area contributed by atoms with E-state index >= 15 is 0 Å². The topological polar surface area (TPSA) is 58.9 Å². The average molecular weight is 327 g/mol. The smallest absolute Gasteiger partial charge is 0.220 e. The monoisotopic (exact) mass is 326 g/mol. The normalized spacial score (nSPS) is 29.0. The van der Waals surface area contributed by atoms with Crippen molar-refractivity contribution in [2.75, 3.05) is 59.2 Å². The van der Waals surface area contributed by atoms with Crippen LogP contribution in [0.4, 0.5) is 0 Å². The second-order valence-corrected chi connectivity index (χ2v) is 5.97. The summed E-state index contributed by atoms with van der Waals surface area (Å²) in [5, 5.41) is 0.282. The number of ether oxygens (including phenoxy) is 3. The molecule has 4 aliphatic heterocycles. The molecule has 0 aliphatic carbocycles. The van der Waals surface area contributed by atoms with Crippen LogP contribution >= 0.6 is 11.6 Å². The molecule has 0 bridgehead atoms. The molecule has 0 N–H and O–H groups in total. The zero-order chi connectivity index (χ0) is 14.9. The van der Waals surface area contributed by atoms with E-state index in [-0.39, 0.29) is 11.3 Å². The molecule has 2 fully saturated rings. The number of fused-ring (bicyclic) bond motifs is 2. The van der Waals surface area contributed by atoms with Gasteiger partial charge in [0.2, 0.25) is 5.29 Å². The molecule has 7 nitrogen and oxygen atoms in total. The first kappa shape index (κ1) is 14.3. The first-order valence-electron chi connectivity index (χ1n) is 7.65. The molecule has 0 aromatic carbocycles. The van der Waals surface area contributed by atoms with Crippen LogP contribution in [0.1, 0.15) is 0 Å². The molecule has 4 heterocycles. The van der Waals surface area contributed by atoms with E-state index < -0.39 is 0 Å². The second-order valence-electron chi connectivity index (χ2n) is 5.63. The van der Waals surface area contributed by atoms with Gasteiger partial charge in [-0.05, 0) is 11.6 Å². The van der Waals surface area contributed by atoms with Crippen molar-refractivity contribution >= 4 is 22.7 Å². The lowest BCUT2D eigenvalue weighted by molar-refractivity contribution is -0.0347. The number of amidine groups is 2. The summed E-state index contributed by atoms with van der Waals surface area (Å²) < 4.78 is 17.0. The predicted molar refractivity (Wildman–Crippen MR) is 82.3 cm³/mol. The molecule has 120 valence electrons. The van der Waals surface area contributed by atoms with Gasteiger partial charge in [0.15, 0.2) is 11.6 Å². The van der Waals surface area contributed by atoms with Crippen LogP contribution in [0.15, 0.2) is 21.4 Å². The maximum absolute atomic E-state index is 6.15. The number of aliphatic imine (C=N–C) groups is 2. The van der Waals surface area contributed by atoms with Crippen molar-refractivity contribution in [3.63, 3.8) is 0 Å². The van der Waals surface area contributed by atoms with E-state index in [0.717, 1.165) is 43.5 Å². The van der Waals surface area contributed by atoms with Crippen LogP contribution in [0.5, 0.6) is 0 Å². The van der Waals surface area contributed by atoms with Crippen molar-refractivity contribution < 1.29 is 14.2 Å². The van der Waals surface area contributed by atoms with Gasteiger partial charge in [0.1, 0.15) is 6.61 Å². The molecule has 0 spiro atoms. The van der Waals surface area contributed by atoms with E-state index in [9.17, 15) is 0 Å². The summed E-state index contributed by atoms with van der Waals surface area (Å²) in [6.45, 7) is 6.35. The third kappa shape index (κ3) is 2.57. The fourth-order valence-corrected chi connectivity index (χ4v) is 3.34. The molecule has 0 amide bonds. The third-order valence-corrected chi connectivity index (χ3v) is 4.53. The molecule has 1 unspecified atom stereocenters. The summed E-state index contributed by atoms with van der Waals surface area (Å²) in [7, 11) is 0. The van der Waals surface area contributed by atoms with Crippen LogP contribution in [0.3, 0.4) is 0 Å². The number of rotatable bonds is 0. The number of hydrogen-bond donors (Lipinski definition) is 0. The Morgan fingerprint density at radius 1 is 1.05 bits per heavy atom. The Bertz CT molecular complexity index is 542. The lowest BCUT2D eigenvalue weighted by Crippen LogP contribution is -2.52. The van der Waals surface area contributed by atoms with Crippen LogP contribution in [-0.4, -0.2) is 86.2 Å². The number of morpholine rings is 2. The van der Waals surface area contributed by atoms with Crippen molar-refractivity contribution in [3.8, 4) is 0 Å². The van der Waals surface area contributed by atoms with Crippen LogP contribution in [0.2, 0.25) is 0 Å². The molecule has 0 saturated carbocycles. The molecule has 4 rings (SSSR count). The molecule has 4 aliphatic rings. The lowest BCUT2D eigenvalue weighted by Gasteiger charge is -2.43. The molecule has 2 saturated heterocycles. The van der Waals surface area contributed by atoms with Crippen molar-refractivity contribution in [2.24, 2.45) is 9.98 Å². The molecular weight excluding hydrogens is 308 g/mol. The maximum Gasteiger partial charge on any atom is 0.220 e. The van der Waals surface area contributed by atoms with E-state index in [2.05, 4.69) is 19.8 Å². The highest BCUT2D eigenvalue weighted by Crippen LogP contribution is 2.28. The van der Waals surface area contributed by atoms with Crippen LogP contribution in [0.25, 0.3) is 0 Å². The number of hydrogen-bond acceptors (Lipinski definition) is 7. The summed E-state index contributed by atoms with van der Waals surface area (Å²) in [6, 6.07) is 0.255. The van der Waals surface area contributed by atoms with Crippen LogP contribution in [0, 0.1) is 0 Å². The Balaban J connectivity index is 1.70. The molecule has 0 radical (unpaired) electrons. The Hall–Kier alpha value is -1.31. The van der Waals surface area contributed by atoms with E-state index in [0.29, 0.717) is 33.0 Å². The summed E-state index contributed by atoms with van der Waals surface area (Å²) in [4.78, 5) is 13.4. The highest BCUT2D eigenvalue weighted by molar-refractivity contribution is 6.65. The molecular formula is C14H19ClN4O3. The third-order valence-electron chi connectivity index (χ3n) is 4.33. The van der Waals surface area contributed by atoms with Gasteiger partial charge in [0.25, 0.3) is 0 Å². The highest BCUT2D eigenvalue weighted by Gasteiger charge is 2.36. The fraction of sp³-hybridized carbons (Fsp3) is 0.714. The van der Waals surface area contributed by atoms with Crippen LogP contribution in [-0.2, 0) is 14.2 Å². The second kappa shape index (κ2) is 6.06. The van der Waals surface area contributed by atoms with Gasteiger partial charge in [-0.15, -0.1) is 0 Å². The van der Waals surface area contributed by atoms with E-state index in [1.807, 2.05) is 0 Å². The Morgan fingerprint density at radius 2 is 1.86 bits per heavy atom. The minimum absolute atomic E-state index is 0.255. The number of halogens is 1. The Kier molecular flexibility index (Phi) is 3.94. The minimum Gasteiger partial charge on any atom is -0.486 e. The predicted octanol–water partition coefficient (Wildman–Crippen LogP) is 0.268. The van der Waals surface area contributed by atoms with E-state index in [1.54, 1.807) is 0 Å². The lowest BCUT2D eigenvalue weighted by atomic mass is 10.1. The van der Waals surface area contributed by atoms with Gasteiger partial charge in [-0.2, -0.15) is 4.99 Å². The van der Waals surface area contributed by atoms with Crippen molar-refractivity contribution in [2.45, 2.75) is 6.04 Å². The zero-order valence-electron chi connectivity index (χ0n) is 12.3. The Morgan fingerprint density at radius 3 is 2.73 bits per heavy atom. The fourth-order valence-electron chi connectivity index (χ4n) is 3.20. The summed E-state index contributed by atoms with van der Waals surface area (Å²) >= 11 is 6.15. The zero-order valence-corrected chi connectivity index (χ0v) is 13.1. The largest absolute Gasteiger partial charge is 0.486 e. The standard InChI is InChI=1S/C14H19ClN4O3/c15-14-16-7-11-12(13(17-14)18-1-4-20-5-2-18)22-9-10-8-21-6-3-19(10)11/h10H,1-9H2. The van der Waals surface area contributed by atoms with Crippen LogP contribution < -0.4 is 0 Å².